The maximum atomic E-state index is 11.0. The minimum atomic E-state index is -0.356. The Morgan fingerprint density at radius 1 is 0.882 bits per heavy atom. The first-order valence-corrected chi connectivity index (χ1v) is 11.5. The van der Waals surface area contributed by atoms with Crippen molar-refractivity contribution in [3.05, 3.63) is 94.0 Å². The molecule has 0 aliphatic rings. The highest BCUT2D eigenvalue weighted by Crippen LogP contribution is 2.29. The number of para-hydroxylation sites is 1. The van der Waals surface area contributed by atoms with E-state index >= 15 is 0 Å². The van der Waals surface area contributed by atoms with Crippen LogP contribution < -0.4 is 19.3 Å². The minimum Gasteiger partial charge on any atom is -0.493 e. The number of nitro benzene ring substituents is 1. The normalized spacial score (nSPS) is 12.7. The molecular weight excluding hydrogens is 430 g/mol. The lowest BCUT2D eigenvalue weighted by molar-refractivity contribution is -0.384. The molecule has 0 heterocycles. The second-order valence-corrected chi connectivity index (χ2v) is 8.58. The highest BCUT2D eigenvalue weighted by molar-refractivity contribution is 5.44. The van der Waals surface area contributed by atoms with E-state index in [0.717, 1.165) is 54.0 Å². The number of methoxy groups -OCH3 is 2. The molecule has 0 saturated carbocycles. The summed E-state index contributed by atoms with van der Waals surface area (Å²) in [6.45, 7) is 3.37. The Morgan fingerprint density at radius 3 is 2.35 bits per heavy atom. The van der Waals surface area contributed by atoms with Crippen molar-refractivity contribution in [1.82, 2.24) is 9.80 Å². The molecular formula is C27H34N3O4+. The van der Waals surface area contributed by atoms with Gasteiger partial charge in [0, 0.05) is 38.1 Å². The first-order chi connectivity index (χ1) is 16.4. The van der Waals surface area contributed by atoms with Gasteiger partial charge in [0.1, 0.15) is 5.69 Å². The zero-order chi connectivity index (χ0) is 24.4. The maximum Gasteiger partial charge on any atom is 0.269 e. The number of nitrogens with zero attached hydrogens (tertiary/aromatic N) is 2. The summed E-state index contributed by atoms with van der Waals surface area (Å²) in [5.74, 6) is 1.49. The number of nitro groups is 1. The van der Waals surface area contributed by atoms with Crippen LogP contribution in [0.3, 0.4) is 0 Å². The quantitative estimate of drug-likeness (QED) is 0.167. The lowest BCUT2D eigenvalue weighted by atomic mass is 10.1. The van der Waals surface area contributed by atoms with Gasteiger partial charge in [-0.3, -0.25) is 14.6 Å². The fraction of sp³-hybridized carbons (Fsp3) is 0.333. The minimum absolute atomic E-state index is 0.128. The summed E-state index contributed by atoms with van der Waals surface area (Å²) in [6, 6.07) is 23.5. The fourth-order valence-electron chi connectivity index (χ4n) is 4.14. The number of hydrogen-bond acceptors (Lipinski definition) is 5. The Bertz CT molecular complexity index is 1070. The van der Waals surface area contributed by atoms with Gasteiger partial charge in [-0.2, -0.15) is 0 Å². The van der Waals surface area contributed by atoms with Crippen LogP contribution in [0.5, 0.6) is 11.5 Å². The van der Waals surface area contributed by atoms with Gasteiger partial charge < -0.3 is 14.8 Å². The third kappa shape index (κ3) is 6.79. The van der Waals surface area contributed by atoms with Gasteiger partial charge >= 0.3 is 0 Å². The molecule has 0 aliphatic carbocycles. The van der Waals surface area contributed by atoms with Crippen LogP contribution in [0.4, 0.5) is 11.4 Å². The van der Waals surface area contributed by atoms with E-state index in [1.807, 2.05) is 18.2 Å². The molecule has 1 atom stereocenters. The van der Waals surface area contributed by atoms with Gasteiger partial charge in [-0.1, -0.05) is 36.4 Å². The Kier molecular flexibility index (Phi) is 9.01. The van der Waals surface area contributed by atoms with Gasteiger partial charge in [-0.25, -0.2) is 0 Å². The molecule has 34 heavy (non-hydrogen) atoms. The van der Waals surface area contributed by atoms with Gasteiger partial charge in [0.05, 0.1) is 39.3 Å². The monoisotopic (exact) mass is 464 g/mol. The Morgan fingerprint density at radius 2 is 1.65 bits per heavy atom. The van der Waals surface area contributed by atoms with Gasteiger partial charge in [0.25, 0.3) is 5.69 Å². The van der Waals surface area contributed by atoms with Crippen LogP contribution in [-0.2, 0) is 13.0 Å². The molecule has 0 fully saturated rings. The first kappa shape index (κ1) is 25.2. The van der Waals surface area contributed by atoms with E-state index in [1.165, 1.54) is 17.3 Å². The number of ether oxygens (including phenoxy) is 2. The highest BCUT2D eigenvalue weighted by atomic mass is 16.6. The Balaban J connectivity index is 1.60. The average molecular weight is 465 g/mol. The molecule has 0 amide bonds. The number of non-ortho nitro benzene ring substituents is 1. The van der Waals surface area contributed by atoms with Gasteiger partial charge in [0.2, 0.25) is 0 Å². The third-order valence-electron chi connectivity index (χ3n) is 6.18. The molecule has 0 bridgehead atoms. The standard InChI is InChI=1S/C27H34N3O4/c1-30(25-11-5-4-6-12-25,18-15-22-13-14-26(33-2)27(20-22)34-3)17-8-16-28-21-23-9-7-10-24(19-23)29(31)32/h4-7,9-14,19-20,28H,8,15-18,21H2,1-3H3/q+1. The van der Waals surface area contributed by atoms with Crippen LogP contribution in [0.2, 0.25) is 0 Å². The summed E-state index contributed by atoms with van der Waals surface area (Å²) < 4.78 is 11.6. The van der Waals surface area contributed by atoms with Crippen LogP contribution in [0.25, 0.3) is 0 Å². The molecule has 1 N–H and O–H groups in total. The highest BCUT2D eigenvalue weighted by Gasteiger charge is 2.24. The predicted octanol–water partition coefficient (Wildman–Crippen LogP) is 4.97. The van der Waals surface area contributed by atoms with E-state index in [-0.39, 0.29) is 10.6 Å². The molecule has 3 rings (SSSR count). The molecule has 180 valence electrons. The zero-order valence-corrected chi connectivity index (χ0v) is 20.2. The van der Waals surface area contributed by atoms with E-state index in [0.29, 0.717) is 6.54 Å². The van der Waals surface area contributed by atoms with Gasteiger partial charge in [-0.15, -0.1) is 0 Å². The van der Waals surface area contributed by atoms with Crippen LogP contribution in [-0.4, -0.2) is 45.8 Å². The fourth-order valence-corrected chi connectivity index (χ4v) is 4.14. The molecule has 0 aromatic heterocycles. The molecule has 0 saturated heterocycles. The van der Waals surface area contributed by atoms with Crippen molar-refractivity contribution in [2.45, 2.75) is 19.4 Å². The molecule has 3 aromatic rings. The van der Waals surface area contributed by atoms with Crippen LogP contribution in [0.15, 0.2) is 72.8 Å². The van der Waals surface area contributed by atoms with E-state index in [9.17, 15) is 10.1 Å². The summed E-state index contributed by atoms with van der Waals surface area (Å²) in [4.78, 5) is 10.6. The van der Waals surface area contributed by atoms with Crippen molar-refractivity contribution in [2.75, 3.05) is 40.9 Å². The topological polar surface area (TPSA) is 73.6 Å². The molecule has 1 unspecified atom stereocenters. The van der Waals surface area contributed by atoms with E-state index in [1.54, 1.807) is 26.4 Å². The number of nitrogens with one attached hydrogen (secondary N) is 1. The molecule has 0 radical (unpaired) electrons. The van der Waals surface area contributed by atoms with Crippen molar-refractivity contribution in [1.29, 1.82) is 0 Å². The number of benzene rings is 3. The van der Waals surface area contributed by atoms with Crippen molar-refractivity contribution in [3.63, 3.8) is 0 Å². The lowest BCUT2D eigenvalue weighted by Crippen LogP contribution is -2.48. The van der Waals surface area contributed by atoms with Crippen molar-refractivity contribution >= 4 is 11.4 Å². The second-order valence-electron chi connectivity index (χ2n) is 8.58. The number of rotatable bonds is 13. The van der Waals surface area contributed by atoms with Gasteiger partial charge in [-0.05, 0) is 35.4 Å². The van der Waals surface area contributed by atoms with Gasteiger partial charge in [0.15, 0.2) is 11.5 Å². The zero-order valence-electron chi connectivity index (χ0n) is 20.2. The Labute approximate surface area is 201 Å². The smallest absolute Gasteiger partial charge is 0.269 e. The van der Waals surface area contributed by atoms with E-state index < -0.39 is 0 Å². The van der Waals surface area contributed by atoms with Crippen LogP contribution in [0, 0.1) is 10.1 Å². The summed E-state index contributed by atoms with van der Waals surface area (Å²) >= 11 is 0. The molecule has 3 aromatic carbocycles. The summed E-state index contributed by atoms with van der Waals surface area (Å²) in [5, 5.41) is 14.4. The SMILES string of the molecule is COc1ccc(CC[N+](C)(CCCNCc2cccc([N+](=O)[O-])c2)c2ccccc2)cc1OC. The second kappa shape index (κ2) is 12.2. The number of likely N-dealkylation sites (N-methyl/N-ethyl adjacent to an activating group) is 1. The van der Waals surface area contributed by atoms with Crippen LogP contribution in [0.1, 0.15) is 17.5 Å². The third-order valence-corrected chi connectivity index (χ3v) is 6.18. The molecule has 0 aliphatic heterocycles. The average Bonchev–Trinajstić information content (AvgIpc) is 2.87. The van der Waals surface area contributed by atoms with Crippen molar-refractivity contribution in [2.24, 2.45) is 0 Å². The number of quaternary nitrogens is 1. The van der Waals surface area contributed by atoms with Crippen LogP contribution >= 0.6 is 0 Å². The molecule has 7 heteroatoms. The largest absolute Gasteiger partial charge is 0.493 e. The molecule has 7 nitrogen and oxygen atoms in total. The first-order valence-electron chi connectivity index (χ1n) is 11.5. The van der Waals surface area contributed by atoms with Crippen molar-refractivity contribution in [3.8, 4) is 11.5 Å². The maximum absolute atomic E-state index is 11.0. The van der Waals surface area contributed by atoms with Crippen molar-refractivity contribution < 1.29 is 14.4 Å². The predicted molar refractivity (Wildman–Crippen MR) is 137 cm³/mol. The summed E-state index contributed by atoms with van der Waals surface area (Å²) in [5.41, 5.74) is 3.54. The number of hydrogen-bond donors (Lipinski definition) is 1. The molecule has 0 spiro atoms. The summed E-state index contributed by atoms with van der Waals surface area (Å²) in [6.07, 6.45) is 1.89. The Hall–Kier alpha value is -3.42. The summed E-state index contributed by atoms with van der Waals surface area (Å²) in [7, 11) is 5.58. The van der Waals surface area contributed by atoms with E-state index in [4.69, 9.17) is 9.47 Å². The van der Waals surface area contributed by atoms with E-state index in [2.05, 4.69) is 48.8 Å². The lowest BCUT2D eigenvalue weighted by Gasteiger charge is -2.34.